The molecule has 5 heteroatoms. The zero-order valence-corrected chi connectivity index (χ0v) is 24.9. The van der Waals surface area contributed by atoms with E-state index in [4.69, 9.17) is 0 Å². The summed E-state index contributed by atoms with van der Waals surface area (Å²) in [4.78, 5) is 9.07. The fourth-order valence-corrected chi connectivity index (χ4v) is 5.42. The fourth-order valence-electron chi connectivity index (χ4n) is 5.42. The van der Waals surface area contributed by atoms with Crippen LogP contribution in [0.1, 0.15) is 11.1 Å². The number of aromatic nitrogens is 4. The maximum Gasteiger partial charge on any atom is 2.00 e. The van der Waals surface area contributed by atoms with Crippen molar-refractivity contribution in [3.63, 3.8) is 0 Å². The number of hydrogen-bond donors (Lipinski definition) is 0. The van der Waals surface area contributed by atoms with Crippen molar-refractivity contribution in [2.45, 2.75) is 13.8 Å². The Morgan fingerprint density at radius 1 is 0.512 bits per heavy atom. The van der Waals surface area contributed by atoms with Crippen molar-refractivity contribution in [2.75, 3.05) is 0 Å². The molecule has 8 aromatic rings. The molecular formula is C36H26N4Pt. The summed E-state index contributed by atoms with van der Waals surface area (Å²) in [6, 6.07) is 44.1. The largest absolute Gasteiger partial charge is 2.00 e. The van der Waals surface area contributed by atoms with Crippen LogP contribution in [-0.2, 0) is 21.1 Å². The predicted molar refractivity (Wildman–Crippen MR) is 164 cm³/mol. The third kappa shape index (κ3) is 4.75. The van der Waals surface area contributed by atoms with Gasteiger partial charge < -0.3 is 19.1 Å². The average Bonchev–Trinajstić information content (AvgIpc) is 3.50. The van der Waals surface area contributed by atoms with Gasteiger partial charge in [0.25, 0.3) is 0 Å². The van der Waals surface area contributed by atoms with Crippen molar-refractivity contribution in [1.29, 1.82) is 0 Å². The molecule has 4 aromatic heterocycles. The second-order valence-electron chi connectivity index (χ2n) is 9.96. The van der Waals surface area contributed by atoms with Crippen molar-refractivity contribution in [2.24, 2.45) is 0 Å². The standard InChI is InChI=1S/2C18H13N2.Pt/c2*1-13-9-10-15-17(12-13)20(14-6-3-2-4-7-14)16-8-5-11-19-18(15)16;/h2*2-9,11-12H,1H3;/q2*-1;+2. The van der Waals surface area contributed by atoms with Gasteiger partial charge in [-0.1, -0.05) is 61.0 Å². The molecule has 0 spiro atoms. The molecule has 0 aliphatic rings. The minimum absolute atomic E-state index is 0. The number of pyridine rings is 2. The second-order valence-corrected chi connectivity index (χ2v) is 9.96. The maximum atomic E-state index is 4.53. The van der Waals surface area contributed by atoms with E-state index in [0.717, 1.165) is 55.2 Å². The summed E-state index contributed by atoms with van der Waals surface area (Å²) in [5, 5.41) is 2.16. The molecule has 200 valence electrons. The van der Waals surface area contributed by atoms with E-state index >= 15 is 0 Å². The van der Waals surface area contributed by atoms with Crippen molar-refractivity contribution >= 4 is 43.9 Å². The van der Waals surface area contributed by atoms with Crippen molar-refractivity contribution in [1.82, 2.24) is 19.1 Å². The Kier molecular flexibility index (Phi) is 7.26. The van der Waals surface area contributed by atoms with Gasteiger partial charge in [-0.25, -0.2) is 0 Å². The number of para-hydroxylation sites is 2. The summed E-state index contributed by atoms with van der Waals surface area (Å²) in [7, 11) is 0. The Labute approximate surface area is 253 Å². The molecule has 0 fully saturated rings. The van der Waals surface area contributed by atoms with E-state index in [1.165, 1.54) is 11.1 Å². The Balaban J connectivity index is 0.000000144. The van der Waals surface area contributed by atoms with Gasteiger partial charge in [0.05, 0.1) is 0 Å². The van der Waals surface area contributed by atoms with Crippen LogP contribution in [0.15, 0.2) is 122 Å². The molecule has 0 bridgehead atoms. The summed E-state index contributed by atoms with van der Waals surface area (Å²) in [5.74, 6) is 0. The normalized spacial score (nSPS) is 11.0. The van der Waals surface area contributed by atoms with Crippen LogP contribution in [0.5, 0.6) is 0 Å². The Bertz CT molecular complexity index is 1970. The number of hydrogen-bond acceptors (Lipinski definition) is 2. The molecule has 4 nitrogen and oxygen atoms in total. The first-order valence-corrected chi connectivity index (χ1v) is 13.3. The maximum absolute atomic E-state index is 4.53. The van der Waals surface area contributed by atoms with Gasteiger partial charge in [-0.2, -0.15) is 0 Å². The monoisotopic (exact) mass is 709 g/mol. The summed E-state index contributed by atoms with van der Waals surface area (Å²) in [5.41, 5.74) is 11.3. The van der Waals surface area contributed by atoms with E-state index in [-0.39, 0.29) is 21.1 Å². The zero-order valence-electron chi connectivity index (χ0n) is 22.7. The molecule has 4 heterocycles. The average molecular weight is 710 g/mol. The molecule has 8 rings (SSSR count). The molecule has 0 unspecified atom stereocenters. The number of rotatable bonds is 2. The van der Waals surface area contributed by atoms with Gasteiger partial charge in [-0.05, 0) is 59.6 Å². The van der Waals surface area contributed by atoms with E-state index in [1.54, 1.807) is 0 Å². The zero-order chi connectivity index (χ0) is 27.1. The van der Waals surface area contributed by atoms with Crippen LogP contribution < -0.4 is 0 Å². The topological polar surface area (TPSA) is 35.6 Å². The Morgan fingerprint density at radius 3 is 1.34 bits per heavy atom. The van der Waals surface area contributed by atoms with E-state index in [1.807, 2.05) is 48.8 Å². The molecule has 0 N–H and O–H groups in total. The van der Waals surface area contributed by atoms with Crippen LogP contribution in [0, 0.1) is 26.0 Å². The fraction of sp³-hybridized carbons (Fsp3) is 0.0556. The van der Waals surface area contributed by atoms with E-state index < -0.39 is 0 Å². The van der Waals surface area contributed by atoms with Crippen LogP contribution in [0.4, 0.5) is 0 Å². The van der Waals surface area contributed by atoms with Gasteiger partial charge in [0.1, 0.15) is 0 Å². The molecular weight excluding hydrogens is 684 g/mol. The molecule has 0 aliphatic carbocycles. The Hall–Kier alpha value is -4.53. The molecule has 41 heavy (non-hydrogen) atoms. The van der Waals surface area contributed by atoms with Crippen LogP contribution >= 0.6 is 0 Å². The molecule has 0 atom stereocenters. The first-order valence-electron chi connectivity index (χ1n) is 13.3. The molecule has 0 radical (unpaired) electrons. The van der Waals surface area contributed by atoms with Gasteiger partial charge in [0.2, 0.25) is 0 Å². The minimum Gasteiger partial charge on any atom is -0.358 e. The SMILES string of the molecule is Cc1c[c-]c2c3ncccc3n(-c3ccccc3)c2c1.Cc1c[c-]c2c3ncccc3n(-c3ccccc3)c2c1.[Pt+2]. The molecule has 0 saturated heterocycles. The second kappa shape index (κ2) is 11.2. The Morgan fingerprint density at radius 2 is 0.927 bits per heavy atom. The van der Waals surface area contributed by atoms with Crippen LogP contribution in [0.2, 0.25) is 0 Å². The number of fused-ring (bicyclic) bond motifs is 6. The number of aryl methyl sites for hydroxylation is 2. The van der Waals surface area contributed by atoms with Crippen LogP contribution in [-0.4, -0.2) is 19.1 Å². The van der Waals surface area contributed by atoms with Gasteiger partial charge in [-0.3, -0.25) is 0 Å². The molecule has 0 aliphatic heterocycles. The van der Waals surface area contributed by atoms with Crippen LogP contribution in [0.25, 0.3) is 55.2 Å². The van der Waals surface area contributed by atoms with Gasteiger partial charge in [0.15, 0.2) is 0 Å². The summed E-state index contributed by atoms with van der Waals surface area (Å²) in [6.45, 7) is 4.19. The third-order valence-electron chi connectivity index (χ3n) is 7.17. The van der Waals surface area contributed by atoms with Gasteiger partial charge in [-0.15, -0.1) is 47.5 Å². The van der Waals surface area contributed by atoms with Crippen molar-refractivity contribution in [3.8, 4) is 11.4 Å². The number of benzene rings is 4. The first-order chi connectivity index (χ1) is 19.7. The number of nitrogens with zero attached hydrogens (tertiary/aromatic N) is 4. The molecule has 4 aromatic carbocycles. The summed E-state index contributed by atoms with van der Waals surface area (Å²) in [6.07, 6.45) is 3.68. The summed E-state index contributed by atoms with van der Waals surface area (Å²) >= 11 is 0. The molecule has 0 saturated carbocycles. The van der Waals surface area contributed by atoms with Crippen molar-refractivity contribution < 1.29 is 21.1 Å². The summed E-state index contributed by atoms with van der Waals surface area (Å²) < 4.78 is 4.50. The van der Waals surface area contributed by atoms with Crippen molar-refractivity contribution in [3.05, 3.63) is 145 Å². The minimum atomic E-state index is 0. The van der Waals surface area contributed by atoms with E-state index in [2.05, 4.69) is 118 Å². The van der Waals surface area contributed by atoms with Crippen LogP contribution in [0.3, 0.4) is 0 Å². The molecule has 0 amide bonds. The van der Waals surface area contributed by atoms with Gasteiger partial charge in [0, 0.05) is 45.8 Å². The quantitative estimate of drug-likeness (QED) is 0.169. The third-order valence-corrected chi connectivity index (χ3v) is 7.17. The van der Waals surface area contributed by atoms with E-state index in [9.17, 15) is 0 Å². The predicted octanol–water partition coefficient (Wildman–Crippen LogP) is 8.57. The first kappa shape index (κ1) is 26.7. The van der Waals surface area contributed by atoms with Gasteiger partial charge >= 0.3 is 21.1 Å². The van der Waals surface area contributed by atoms with E-state index in [0.29, 0.717) is 0 Å². The smallest absolute Gasteiger partial charge is 0.358 e.